The molecule has 86 valence electrons. The third-order valence-electron chi connectivity index (χ3n) is 3.13. The first-order valence-electron chi connectivity index (χ1n) is 5.54. The van der Waals surface area contributed by atoms with Crippen molar-refractivity contribution < 1.29 is 4.74 Å². The monoisotopic (exact) mass is 245 g/mol. The van der Waals surface area contributed by atoms with Crippen molar-refractivity contribution in [2.24, 2.45) is 0 Å². The maximum Gasteiger partial charge on any atom is 0.132 e. The SMILES string of the molecule is Cc1cc2c(cn1)COc1c-2ccc(Cl)c1C. The minimum Gasteiger partial charge on any atom is -0.488 e. The van der Waals surface area contributed by atoms with Crippen LogP contribution < -0.4 is 4.74 Å². The first-order valence-corrected chi connectivity index (χ1v) is 5.92. The molecule has 0 spiro atoms. The second-order valence-electron chi connectivity index (χ2n) is 4.32. The van der Waals surface area contributed by atoms with Crippen molar-refractivity contribution >= 4 is 11.6 Å². The average Bonchev–Trinajstić information content (AvgIpc) is 2.33. The first-order chi connectivity index (χ1) is 8.16. The molecule has 3 heteroatoms. The summed E-state index contributed by atoms with van der Waals surface area (Å²) in [6, 6.07) is 6.04. The summed E-state index contributed by atoms with van der Waals surface area (Å²) >= 11 is 6.11. The minimum absolute atomic E-state index is 0.566. The van der Waals surface area contributed by atoms with E-state index in [0.29, 0.717) is 6.61 Å². The summed E-state index contributed by atoms with van der Waals surface area (Å²) in [4.78, 5) is 4.30. The van der Waals surface area contributed by atoms with Crippen molar-refractivity contribution in [3.8, 4) is 16.9 Å². The zero-order valence-electron chi connectivity index (χ0n) is 9.75. The second kappa shape index (κ2) is 3.74. The molecular weight excluding hydrogens is 234 g/mol. The van der Waals surface area contributed by atoms with Gasteiger partial charge in [-0.25, -0.2) is 0 Å². The van der Waals surface area contributed by atoms with Crippen LogP contribution in [0.2, 0.25) is 5.02 Å². The fourth-order valence-electron chi connectivity index (χ4n) is 2.17. The van der Waals surface area contributed by atoms with E-state index in [2.05, 4.69) is 11.1 Å². The number of aromatic nitrogens is 1. The van der Waals surface area contributed by atoms with Crippen molar-refractivity contribution in [3.63, 3.8) is 0 Å². The van der Waals surface area contributed by atoms with Gasteiger partial charge in [-0.15, -0.1) is 0 Å². The van der Waals surface area contributed by atoms with Crippen LogP contribution in [0.1, 0.15) is 16.8 Å². The molecule has 1 aliphatic rings. The molecule has 0 aliphatic carbocycles. The molecule has 2 aromatic rings. The third kappa shape index (κ3) is 1.60. The highest BCUT2D eigenvalue weighted by molar-refractivity contribution is 6.31. The van der Waals surface area contributed by atoms with E-state index < -0.39 is 0 Å². The molecular formula is C14H12ClNO. The van der Waals surface area contributed by atoms with Gasteiger partial charge in [0.1, 0.15) is 12.4 Å². The number of fused-ring (bicyclic) bond motifs is 3. The van der Waals surface area contributed by atoms with Crippen LogP contribution in [0.5, 0.6) is 5.75 Å². The molecule has 2 heterocycles. The molecule has 1 aliphatic heterocycles. The zero-order valence-corrected chi connectivity index (χ0v) is 10.5. The van der Waals surface area contributed by atoms with Gasteiger partial charge in [0.05, 0.1) is 0 Å². The largest absolute Gasteiger partial charge is 0.488 e. The van der Waals surface area contributed by atoms with Gasteiger partial charge in [0, 0.05) is 33.6 Å². The number of hydrogen-bond donors (Lipinski definition) is 0. The fraction of sp³-hybridized carbons (Fsp3) is 0.214. The van der Waals surface area contributed by atoms with Gasteiger partial charge in [-0.1, -0.05) is 11.6 Å². The Balaban J connectivity index is 2.29. The molecule has 0 atom stereocenters. The van der Waals surface area contributed by atoms with Crippen LogP contribution in [0.25, 0.3) is 11.1 Å². The highest BCUT2D eigenvalue weighted by Crippen LogP contribution is 2.41. The van der Waals surface area contributed by atoms with Crippen molar-refractivity contribution in [1.82, 2.24) is 4.98 Å². The molecule has 2 nitrogen and oxygen atoms in total. The molecule has 0 saturated carbocycles. The van der Waals surface area contributed by atoms with E-state index in [9.17, 15) is 0 Å². The summed E-state index contributed by atoms with van der Waals surface area (Å²) < 4.78 is 5.78. The van der Waals surface area contributed by atoms with Gasteiger partial charge in [-0.05, 0) is 37.6 Å². The van der Waals surface area contributed by atoms with E-state index in [0.717, 1.165) is 33.2 Å². The zero-order chi connectivity index (χ0) is 12.0. The number of aryl methyl sites for hydroxylation is 1. The molecule has 0 N–H and O–H groups in total. The van der Waals surface area contributed by atoms with E-state index in [4.69, 9.17) is 16.3 Å². The standard InChI is InChI=1S/C14H12ClNO/c1-8-5-12-10(6-16-8)7-17-14-9(2)13(15)4-3-11(12)14/h3-6H,7H2,1-2H3. The summed E-state index contributed by atoms with van der Waals surface area (Å²) in [5.41, 5.74) is 5.47. The lowest BCUT2D eigenvalue weighted by Gasteiger charge is -2.22. The van der Waals surface area contributed by atoms with Crippen LogP contribution in [0.3, 0.4) is 0 Å². The lowest BCUT2D eigenvalue weighted by atomic mass is 9.96. The van der Waals surface area contributed by atoms with Gasteiger partial charge in [-0.2, -0.15) is 0 Å². The van der Waals surface area contributed by atoms with E-state index >= 15 is 0 Å². The number of halogens is 1. The Morgan fingerprint density at radius 1 is 1.24 bits per heavy atom. The lowest BCUT2D eigenvalue weighted by molar-refractivity contribution is 0.299. The maximum atomic E-state index is 6.11. The summed E-state index contributed by atoms with van der Waals surface area (Å²) in [6.07, 6.45) is 1.89. The maximum absolute atomic E-state index is 6.11. The average molecular weight is 246 g/mol. The highest BCUT2D eigenvalue weighted by atomic mass is 35.5. The van der Waals surface area contributed by atoms with Crippen LogP contribution >= 0.6 is 11.6 Å². The van der Waals surface area contributed by atoms with Crippen LogP contribution in [0.15, 0.2) is 24.4 Å². The number of rotatable bonds is 0. The Bertz CT molecular complexity index is 607. The Kier molecular flexibility index (Phi) is 2.33. The molecule has 0 amide bonds. The number of benzene rings is 1. The predicted molar refractivity (Wildman–Crippen MR) is 68.5 cm³/mol. The highest BCUT2D eigenvalue weighted by Gasteiger charge is 2.20. The topological polar surface area (TPSA) is 22.1 Å². The molecule has 0 radical (unpaired) electrons. The number of nitrogens with zero attached hydrogens (tertiary/aromatic N) is 1. The summed E-state index contributed by atoms with van der Waals surface area (Å²) in [5, 5.41) is 0.748. The smallest absolute Gasteiger partial charge is 0.132 e. The van der Waals surface area contributed by atoms with E-state index in [1.54, 1.807) is 0 Å². The number of hydrogen-bond acceptors (Lipinski definition) is 2. The van der Waals surface area contributed by atoms with Gasteiger partial charge < -0.3 is 4.74 Å². The summed E-state index contributed by atoms with van der Waals surface area (Å²) in [6.45, 7) is 4.55. The summed E-state index contributed by atoms with van der Waals surface area (Å²) in [5.74, 6) is 0.899. The van der Waals surface area contributed by atoms with Crippen molar-refractivity contribution in [2.75, 3.05) is 0 Å². The Morgan fingerprint density at radius 3 is 2.88 bits per heavy atom. The number of ether oxygens (including phenoxy) is 1. The third-order valence-corrected chi connectivity index (χ3v) is 3.53. The van der Waals surface area contributed by atoms with Crippen molar-refractivity contribution in [3.05, 3.63) is 46.2 Å². The van der Waals surface area contributed by atoms with Gasteiger partial charge in [0.15, 0.2) is 0 Å². The Labute approximate surface area is 105 Å². The molecule has 0 fully saturated rings. The molecule has 1 aromatic heterocycles. The van der Waals surface area contributed by atoms with E-state index in [1.807, 2.05) is 32.2 Å². The van der Waals surface area contributed by atoms with Gasteiger partial charge >= 0.3 is 0 Å². The molecule has 17 heavy (non-hydrogen) atoms. The van der Waals surface area contributed by atoms with Crippen LogP contribution in [0, 0.1) is 13.8 Å². The fourth-order valence-corrected chi connectivity index (χ4v) is 2.32. The minimum atomic E-state index is 0.566. The normalized spacial score (nSPS) is 12.6. The molecule has 1 aromatic carbocycles. The Morgan fingerprint density at radius 2 is 2.06 bits per heavy atom. The predicted octanol–water partition coefficient (Wildman–Crippen LogP) is 3.91. The molecule has 0 bridgehead atoms. The van der Waals surface area contributed by atoms with Gasteiger partial charge in [-0.3, -0.25) is 4.98 Å². The van der Waals surface area contributed by atoms with E-state index in [1.165, 1.54) is 5.56 Å². The van der Waals surface area contributed by atoms with Crippen LogP contribution in [0.4, 0.5) is 0 Å². The summed E-state index contributed by atoms with van der Waals surface area (Å²) in [7, 11) is 0. The lowest BCUT2D eigenvalue weighted by Crippen LogP contribution is -2.07. The quantitative estimate of drug-likeness (QED) is 0.702. The molecule has 0 unspecified atom stereocenters. The van der Waals surface area contributed by atoms with Gasteiger partial charge in [0.2, 0.25) is 0 Å². The number of pyridine rings is 1. The first kappa shape index (κ1) is 10.6. The molecule has 3 rings (SSSR count). The van der Waals surface area contributed by atoms with Crippen molar-refractivity contribution in [2.45, 2.75) is 20.5 Å². The van der Waals surface area contributed by atoms with E-state index in [-0.39, 0.29) is 0 Å². The second-order valence-corrected chi connectivity index (χ2v) is 4.73. The van der Waals surface area contributed by atoms with Crippen LogP contribution in [-0.4, -0.2) is 4.98 Å². The molecule has 0 saturated heterocycles. The van der Waals surface area contributed by atoms with Crippen molar-refractivity contribution in [1.29, 1.82) is 0 Å². The van der Waals surface area contributed by atoms with Crippen LogP contribution in [-0.2, 0) is 6.61 Å². The van der Waals surface area contributed by atoms with Gasteiger partial charge in [0.25, 0.3) is 0 Å². The Hall–Kier alpha value is -1.54.